The molecule has 2 aliphatic heterocycles. The number of hydrogen-bond donors (Lipinski definition) is 0. The quantitative estimate of drug-likeness (QED) is 0.699. The summed E-state index contributed by atoms with van der Waals surface area (Å²) in [5, 5.41) is 4.29. The van der Waals surface area contributed by atoms with Gasteiger partial charge >= 0.3 is 0 Å². The Morgan fingerprint density at radius 2 is 2.27 bits per heavy atom. The van der Waals surface area contributed by atoms with Gasteiger partial charge in [0.1, 0.15) is 0 Å². The lowest BCUT2D eigenvalue weighted by Crippen LogP contribution is -2.44. The lowest BCUT2D eigenvalue weighted by molar-refractivity contribution is -0.00620. The summed E-state index contributed by atoms with van der Waals surface area (Å²) in [6.07, 6.45) is 7.55. The van der Waals surface area contributed by atoms with Crippen LogP contribution in [-0.2, 0) is 27.7 Å². The van der Waals surface area contributed by atoms with Gasteiger partial charge in [-0.3, -0.25) is 9.58 Å². The molecule has 0 unspecified atom stereocenters. The van der Waals surface area contributed by atoms with Crippen LogP contribution in [0.15, 0.2) is 12.4 Å². The molecule has 0 aliphatic carbocycles. The number of rotatable bonds is 7. The van der Waals surface area contributed by atoms with Gasteiger partial charge in [0, 0.05) is 45.6 Å². The summed E-state index contributed by atoms with van der Waals surface area (Å²) in [5.41, 5.74) is 1.28. The maximum Gasteiger partial charge on any atom is 0.0746 e. The summed E-state index contributed by atoms with van der Waals surface area (Å²) in [7, 11) is 3.68. The van der Waals surface area contributed by atoms with E-state index in [0.29, 0.717) is 25.3 Å². The van der Waals surface area contributed by atoms with Crippen molar-refractivity contribution in [3.05, 3.63) is 18.0 Å². The molecule has 6 heteroatoms. The van der Waals surface area contributed by atoms with Gasteiger partial charge in [-0.2, -0.15) is 5.10 Å². The van der Waals surface area contributed by atoms with Gasteiger partial charge in [0.05, 0.1) is 32.1 Å². The Morgan fingerprint density at radius 1 is 1.36 bits per heavy atom. The molecule has 3 atom stereocenters. The lowest BCUT2D eigenvalue weighted by Gasteiger charge is -2.31. The highest BCUT2D eigenvalue weighted by Crippen LogP contribution is 2.29. The van der Waals surface area contributed by atoms with Gasteiger partial charge in [0.25, 0.3) is 0 Å². The third kappa shape index (κ3) is 3.68. The Labute approximate surface area is 132 Å². The average Bonchev–Trinajstić information content (AvgIpc) is 3.22. The highest BCUT2D eigenvalue weighted by atomic mass is 16.5. The predicted octanol–water partition coefficient (Wildman–Crippen LogP) is 0.857. The Hall–Kier alpha value is -0.950. The second-order valence-corrected chi connectivity index (χ2v) is 6.24. The van der Waals surface area contributed by atoms with Crippen molar-refractivity contribution in [2.75, 3.05) is 40.1 Å². The highest BCUT2D eigenvalue weighted by Gasteiger charge is 2.39. The van der Waals surface area contributed by atoms with Gasteiger partial charge < -0.3 is 14.2 Å². The number of hydrogen-bond acceptors (Lipinski definition) is 5. The molecular weight excluding hydrogens is 282 g/mol. The van der Waals surface area contributed by atoms with E-state index < -0.39 is 0 Å². The Balaban J connectivity index is 1.66. The second kappa shape index (κ2) is 7.55. The molecule has 3 heterocycles. The van der Waals surface area contributed by atoms with Crippen LogP contribution in [0.3, 0.4) is 0 Å². The molecule has 2 aliphatic rings. The summed E-state index contributed by atoms with van der Waals surface area (Å²) in [5.74, 6) is 0. The number of ether oxygens (including phenoxy) is 3. The maximum atomic E-state index is 6.09. The zero-order valence-electron chi connectivity index (χ0n) is 13.6. The summed E-state index contributed by atoms with van der Waals surface area (Å²) in [4.78, 5) is 2.59. The van der Waals surface area contributed by atoms with Crippen LogP contribution in [0.1, 0.15) is 18.4 Å². The van der Waals surface area contributed by atoms with Crippen molar-refractivity contribution in [3.63, 3.8) is 0 Å². The fraction of sp³-hybridized carbons (Fsp3) is 0.812. The van der Waals surface area contributed by atoms with E-state index in [2.05, 4.69) is 16.2 Å². The monoisotopic (exact) mass is 309 g/mol. The molecule has 0 aromatic carbocycles. The van der Waals surface area contributed by atoms with E-state index in [-0.39, 0.29) is 6.10 Å². The minimum atomic E-state index is 0.274. The molecule has 0 amide bonds. The summed E-state index contributed by atoms with van der Waals surface area (Å²) >= 11 is 0. The van der Waals surface area contributed by atoms with Crippen LogP contribution in [0.25, 0.3) is 0 Å². The molecule has 0 N–H and O–H groups in total. The predicted molar refractivity (Wildman–Crippen MR) is 82.9 cm³/mol. The zero-order chi connectivity index (χ0) is 15.4. The van der Waals surface area contributed by atoms with Crippen molar-refractivity contribution in [2.45, 2.75) is 37.5 Å². The summed E-state index contributed by atoms with van der Waals surface area (Å²) in [6, 6.07) is 0.949. The molecule has 22 heavy (non-hydrogen) atoms. The van der Waals surface area contributed by atoms with E-state index in [0.717, 1.165) is 39.0 Å². The third-order valence-electron chi connectivity index (χ3n) is 4.72. The van der Waals surface area contributed by atoms with Gasteiger partial charge in [0.15, 0.2) is 0 Å². The van der Waals surface area contributed by atoms with E-state index in [1.165, 1.54) is 5.56 Å². The molecular formula is C16H27N3O3. The molecule has 3 rings (SSSR count). The fourth-order valence-electron chi connectivity index (χ4n) is 3.63. The molecule has 2 saturated heterocycles. The molecule has 0 bridgehead atoms. The first-order chi connectivity index (χ1) is 10.8. The smallest absolute Gasteiger partial charge is 0.0746 e. The van der Waals surface area contributed by atoms with Crippen molar-refractivity contribution in [1.82, 2.24) is 14.7 Å². The molecule has 0 saturated carbocycles. The lowest BCUT2D eigenvalue weighted by atomic mass is 10.0. The highest BCUT2D eigenvalue weighted by molar-refractivity contribution is 5.09. The van der Waals surface area contributed by atoms with Crippen LogP contribution in [0, 0.1) is 0 Å². The van der Waals surface area contributed by atoms with Gasteiger partial charge in [0.2, 0.25) is 0 Å². The Morgan fingerprint density at radius 3 is 2.95 bits per heavy atom. The molecule has 6 nitrogen and oxygen atoms in total. The second-order valence-electron chi connectivity index (χ2n) is 6.24. The first-order valence-electron chi connectivity index (χ1n) is 8.19. The topological polar surface area (TPSA) is 48.8 Å². The van der Waals surface area contributed by atoms with Gasteiger partial charge in [-0.15, -0.1) is 0 Å². The Kier molecular flexibility index (Phi) is 5.46. The number of methoxy groups -OCH3 is 1. The Bertz CT molecular complexity index is 459. The summed E-state index contributed by atoms with van der Waals surface area (Å²) < 4.78 is 18.7. The number of aromatic nitrogens is 2. The minimum Gasteiger partial charge on any atom is -0.382 e. The SMILES string of the molecule is COCCO[C@H]1CCN([C@H]2CCOC2)[C@H]1Cc1cnn(C)c1. The number of likely N-dealkylation sites (tertiary alicyclic amines) is 1. The minimum absolute atomic E-state index is 0.274. The fourth-order valence-corrected chi connectivity index (χ4v) is 3.63. The zero-order valence-corrected chi connectivity index (χ0v) is 13.6. The van der Waals surface area contributed by atoms with E-state index in [1.807, 2.05) is 17.9 Å². The van der Waals surface area contributed by atoms with Gasteiger partial charge in [-0.25, -0.2) is 0 Å². The van der Waals surface area contributed by atoms with Crippen LogP contribution in [0.2, 0.25) is 0 Å². The van der Waals surface area contributed by atoms with Gasteiger partial charge in [-0.05, 0) is 24.8 Å². The van der Waals surface area contributed by atoms with Crippen LogP contribution in [-0.4, -0.2) is 73.0 Å². The van der Waals surface area contributed by atoms with Crippen molar-refractivity contribution < 1.29 is 14.2 Å². The molecule has 124 valence electrons. The summed E-state index contributed by atoms with van der Waals surface area (Å²) in [6.45, 7) is 4.16. The number of nitrogens with zero attached hydrogens (tertiary/aromatic N) is 3. The van der Waals surface area contributed by atoms with E-state index in [9.17, 15) is 0 Å². The van der Waals surface area contributed by atoms with Crippen LogP contribution in [0.4, 0.5) is 0 Å². The average molecular weight is 309 g/mol. The van der Waals surface area contributed by atoms with E-state index >= 15 is 0 Å². The van der Waals surface area contributed by atoms with Gasteiger partial charge in [-0.1, -0.05) is 0 Å². The normalized spacial score (nSPS) is 29.5. The van der Waals surface area contributed by atoms with Crippen molar-refractivity contribution in [3.8, 4) is 0 Å². The molecule has 2 fully saturated rings. The molecule has 1 aromatic heterocycles. The maximum absolute atomic E-state index is 6.09. The third-order valence-corrected chi connectivity index (χ3v) is 4.72. The van der Waals surface area contributed by atoms with Crippen LogP contribution >= 0.6 is 0 Å². The van der Waals surface area contributed by atoms with Crippen molar-refractivity contribution in [2.24, 2.45) is 7.05 Å². The standard InChI is InChI=1S/C16H27N3O3/c1-18-11-13(10-17-18)9-15-16(22-8-7-20-2)3-5-19(15)14-4-6-21-12-14/h10-11,14-16H,3-9,12H2,1-2H3/t14-,15-,16-/m0/s1. The van der Waals surface area contributed by atoms with E-state index in [4.69, 9.17) is 14.2 Å². The first-order valence-corrected chi connectivity index (χ1v) is 8.19. The first kappa shape index (κ1) is 15.9. The molecule has 0 spiro atoms. The number of aryl methyl sites for hydroxylation is 1. The molecule has 0 radical (unpaired) electrons. The van der Waals surface area contributed by atoms with Crippen LogP contribution in [0.5, 0.6) is 0 Å². The van der Waals surface area contributed by atoms with Crippen molar-refractivity contribution >= 4 is 0 Å². The van der Waals surface area contributed by atoms with Crippen LogP contribution < -0.4 is 0 Å². The van der Waals surface area contributed by atoms with Crippen molar-refractivity contribution in [1.29, 1.82) is 0 Å². The molecule has 1 aromatic rings. The largest absolute Gasteiger partial charge is 0.382 e. The van der Waals surface area contributed by atoms with E-state index in [1.54, 1.807) is 7.11 Å².